The van der Waals surface area contributed by atoms with Crippen molar-refractivity contribution in [3.05, 3.63) is 65.9 Å². The average Bonchev–Trinajstić information content (AvgIpc) is 2.94. The van der Waals surface area contributed by atoms with E-state index < -0.39 is 0 Å². The highest BCUT2D eigenvalue weighted by molar-refractivity contribution is 5.95. The van der Waals surface area contributed by atoms with E-state index in [9.17, 15) is 4.79 Å². The predicted molar refractivity (Wildman–Crippen MR) is 92.6 cm³/mol. The van der Waals surface area contributed by atoms with Crippen molar-refractivity contribution in [2.24, 2.45) is 7.05 Å². The summed E-state index contributed by atoms with van der Waals surface area (Å²) in [5.41, 5.74) is 4.00. The van der Waals surface area contributed by atoms with Crippen molar-refractivity contribution in [1.82, 2.24) is 14.8 Å². The van der Waals surface area contributed by atoms with Crippen LogP contribution >= 0.6 is 0 Å². The third-order valence-corrected chi connectivity index (χ3v) is 4.41. The van der Waals surface area contributed by atoms with E-state index in [0.717, 1.165) is 29.2 Å². The molecule has 1 amide bonds. The topological polar surface area (TPSA) is 59.8 Å². The van der Waals surface area contributed by atoms with E-state index in [-0.39, 0.29) is 11.8 Å². The molecular formula is C19H18N4O. The van der Waals surface area contributed by atoms with E-state index in [1.165, 1.54) is 5.56 Å². The normalized spacial score (nSPS) is 16.5. The van der Waals surface area contributed by atoms with Gasteiger partial charge < -0.3 is 5.32 Å². The summed E-state index contributed by atoms with van der Waals surface area (Å²) in [6, 6.07) is 16.1. The average molecular weight is 318 g/mol. The van der Waals surface area contributed by atoms with Gasteiger partial charge in [0.2, 0.25) is 5.91 Å². The molecule has 1 aromatic carbocycles. The number of aryl methyl sites for hydroxylation is 1. The smallest absolute Gasteiger partial charge is 0.226 e. The van der Waals surface area contributed by atoms with Gasteiger partial charge in [-0.15, -0.1) is 0 Å². The maximum atomic E-state index is 12.2. The van der Waals surface area contributed by atoms with Gasteiger partial charge in [0, 0.05) is 31.1 Å². The molecule has 0 bridgehead atoms. The third-order valence-electron chi connectivity index (χ3n) is 4.41. The SMILES string of the molecule is Cn1nc(-c2ccccn2)c2c1NC(=O)C[C@@H]2Cc1ccccc1. The highest BCUT2D eigenvalue weighted by atomic mass is 16.1. The van der Waals surface area contributed by atoms with Crippen LogP contribution in [0.2, 0.25) is 0 Å². The molecule has 0 unspecified atom stereocenters. The van der Waals surface area contributed by atoms with E-state index in [1.807, 2.05) is 43.4 Å². The number of nitrogens with zero attached hydrogens (tertiary/aromatic N) is 3. The number of hydrogen-bond donors (Lipinski definition) is 1. The lowest BCUT2D eigenvalue weighted by Crippen LogP contribution is -2.25. The number of amides is 1. The number of nitrogens with one attached hydrogen (secondary N) is 1. The number of carbonyl (C=O) groups is 1. The van der Waals surface area contributed by atoms with Crippen LogP contribution < -0.4 is 5.32 Å². The van der Waals surface area contributed by atoms with E-state index in [4.69, 9.17) is 0 Å². The summed E-state index contributed by atoms with van der Waals surface area (Å²) >= 11 is 0. The zero-order chi connectivity index (χ0) is 16.5. The van der Waals surface area contributed by atoms with Crippen LogP contribution in [0.1, 0.15) is 23.5 Å². The molecule has 2 aromatic heterocycles. The van der Waals surface area contributed by atoms with Gasteiger partial charge in [-0.2, -0.15) is 5.10 Å². The first kappa shape index (κ1) is 14.6. The van der Waals surface area contributed by atoms with Gasteiger partial charge in [-0.25, -0.2) is 0 Å². The monoisotopic (exact) mass is 318 g/mol. The molecular weight excluding hydrogens is 300 g/mol. The van der Waals surface area contributed by atoms with Gasteiger partial charge in [0.25, 0.3) is 0 Å². The zero-order valence-electron chi connectivity index (χ0n) is 13.4. The molecule has 1 atom stereocenters. The second-order valence-electron chi connectivity index (χ2n) is 6.09. The molecule has 0 fully saturated rings. The van der Waals surface area contributed by atoms with Crippen molar-refractivity contribution in [3.63, 3.8) is 0 Å². The molecule has 5 nitrogen and oxygen atoms in total. The van der Waals surface area contributed by atoms with E-state index in [0.29, 0.717) is 6.42 Å². The lowest BCUT2D eigenvalue weighted by Gasteiger charge is -2.24. The number of carbonyl (C=O) groups excluding carboxylic acids is 1. The summed E-state index contributed by atoms with van der Waals surface area (Å²) < 4.78 is 1.74. The third kappa shape index (κ3) is 2.58. The van der Waals surface area contributed by atoms with Gasteiger partial charge in [0.15, 0.2) is 0 Å². The molecule has 0 radical (unpaired) electrons. The van der Waals surface area contributed by atoms with Gasteiger partial charge in [0.05, 0.1) is 5.69 Å². The molecule has 4 rings (SSSR count). The van der Waals surface area contributed by atoms with Crippen LogP contribution in [-0.2, 0) is 18.3 Å². The predicted octanol–water partition coefficient (Wildman–Crippen LogP) is 3.15. The number of pyridine rings is 1. The first-order valence-corrected chi connectivity index (χ1v) is 8.04. The Labute approximate surface area is 140 Å². The Morgan fingerprint density at radius 2 is 1.96 bits per heavy atom. The fourth-order valence-electron chi connectivity index (χ4n) is 3.35. The number of benzene rings is 1. The Hall–Kier alpha value is -2.95. The molecule has 1 aliphatic rings. The largest absolute Gasteiger partial charge is 0.311 e. The standard InChI is InChI=1S/C19H18N4O/c1-23-19-17(18(22-23)15-9-5-6-10-20-15)14(12-16(24)21-19)11-13-7-3-2-4-8-13/h2-10,14H,11-12H2,1H3,(H,21,24)/t14-/m0/s1. The quantitative estimate of drug-likeness (QED) is 0.807. The molecule has 3 heterocycles. The zero-order valence-corrected chi connectivity index (χ0v) is 13.4. The van der Waals surface area contributed by atoms with E-state index in [2.05, 4.69) is 27.5 Å². The number of aromatic nitrogens is 3. The second kappa shape index (κ2) is 5.92. The second-order valence-corrected chi connectivity index (χ2v) is 6.09. The van der Waals surface area contributed by atoms with Gasteiger partial charge >= 0.3 is 0 Å². The van der Waals surface area contributed by atoms with Crippen LogP contribution in [0.15, 0.2) is 54.7 Å². The first-order chi connectivity index (χ1) is 11.7. The van der Waals surface area contributed by atoms with Crippen LogP contribution in [-0.4, -0.2) is 20.7 Å². The van der Waals surface area contributed by atoms with Crippen molar-refractivity contribution in [2.45, 2.75) is 18.8 Å². The number of rotatable bonds is 3. The summed E-state index contributed by atoms with van der Waals surface area (Å²) in [7, 11) is 1.86. The number of anilines is 1. The molecule has 5 heteroatoms. The summed E-state index contributed by atoms with van der Waals surface area (Å²) in [5, 5.41) is 7.60. The van der Waals surface area contributed by atoms with Gasteiger partial charge in [-0.3, -0.25) is 14.5 Å². The summed E-state index contributed by atoms with van der Waals surface area (Å²) in [5.74, 6) is 0.925. The minimum Gasteiger partial charge on any atom is -0.311 e. The molecule has 0 aliphatic carbocycles. The molecule has 0 spiro atoms. The molecule has 3 aromatic rings. The highest BCUT2D eigenvalue weighted by Crippen LogP contribution is 2.40. The van der Waals surface area contributed by atoms with Crippen molar-refractivity contribution in [3.8, 4) is 11.4 Å². The maximum absolute atomic E-state index is 12.2. The Kier molecular flexibility index (Phi) is 3.61. The maximum Gasteiger partial charge on any atom is 0.226 e. The molecule has 1 aliphatic heterocycles. The Bertz CT molecular complexity index is 871. The summed E-state index contributed by atoms with van der Waals surface area (Å²) in [6.45, 7) is 0. The number of hydrogen-bond acceptors (Lipinski definition) is 3. The van der Waals surface area contributed by atoms with Gasteiger partial charge in [-0.1, -0.05) is 36.4 Å². The van der Waals surface area contributed by atoms with Crippen LogP contribution in [0.5, 0.6) is 0 Å². The van der Waals surface area contributed by atoms with Crippen LogP contribution in [0.3, 0.4) is 0 Å². The fourth-order valence-corrected chi connectivity index (χ4v) is 3.35. The molecule has 120 valence electrons. The van der Waals surface area contributed by atoms with Crippen molar-refractivity contribution in [2.75, 3.05) is 5.32 Å². The Balaban J connectivity index is 1.81. The minimum absolute atomic E-state index is 0.0407. The molecule has 1 N–H and O–H groups in total. The lowest BCUT2D eigenvalue weighted by molar-refractivity contribution is -0.116. The summed E-state index contributed by atoms with van der Waals surface area (Å²) in [4.78, 5) is 16.6. The van der Waals surface area contributed by atoms with Gasteiger partial charge in [0.1, 0.15) is 11.5 Å². The van der Waals surface area contributed by atoms with E-state index >= 15 is 0 Å². The molecule has 24 heavy (non-hydrogen) atoms. The first-order valence-electron chi connectivity index (χ1n) is 8.04. The number of fused-ring (bicyclic) bond motifs is 1. The van der Waals surface area contributed by atoms with Crippen LogP contribution in [0.4, 0.5) is 5.82 Å². The van der Waals surface area contributed by atoms with Crippen LogP contribution in [0, 0.1) is 0 Å². The molecule has 0 saturated carbocycles. The highest BCUT2D eigenvalue weighted by Gasteiger charge is 2.32. The summed E-state index contributed by atoms with van der Waals surface area (Å²) in [6.07, 6.45) is 3.05. The van der Waals surface area contributed by atoms with Crippen LogP contribution in [0.25, 0.3) is 11.4 Å². The Morgan fingerprint density at radius 1 is 1.17 bits per heavy atom. The lowest BCUT2D eigenvalue weighted by atomic mass is 9.86. The van der Waals surface area contributed by atoms with Gasteiger partial charge in [-0.05, 0) is 24.1 Å². The molecule has 0 saturated heterocycles. The fraction of sp³-hybridized carbons (Fsp3) is 0.211. The van der Waals surface area contributed by atoms with Crippen molar-refractivity contribution >= 4 is 11.7 Å². The van der Waals surface area contributed by atoms with Crippen molar-refractivity contribution in [1.29, 1.82) is 0 Å². The van der Waals surface area contributed by atoms with E-state index in [1.54, 1.807) is 10.9 Å². The Morgan fingerprint density at radius 3 is 2.71 bits per heavy atom. The van der Waals surface area contributed by atoms with Crippen molar-refractivity contribution < 1.29 is 4.79 Å². The minimum atomic E-state index is 0.0407.